The fraction of sp³-hybridized carbons (Fsp3) is 0.0909. The van der Waals surface area contributed by atoms with Gasteiger partial charge in [-0.1, -0.05) is 12.1 Å². The highest BCUT2D eigenvalue weighted by molar-refractivity contribution is 7.89. The Morgan fingerprint density at radius 1 is 1.03 bits per heavy atom. The number of hydrogen-bond acceptors (Lipinski definition) is 5. The number of carboxylic acid groups (broad SMARTS) is 1. The quantitative estimate of drug-likeness (QED) is 0.385. The Balaban J connectivity index is 1.67. The van der Waals surface area contributed by atoms with Crippen LogP contribution in [-0.2, 0) is 14.8 Å². The van der Waals surface area contributed by atoms with Gasteiger partial charge in [-0.3, -0.25) is 9.59 Å². The summed E-state index contributed by atoms with van der Waals surface area (Å²) in [5, 5.41) is 8.58. The summed E-state index contributed by atoms with van der Waals surface area (Å²) in [5.74, 6) is -1.24. The molecule has 1 aromatic heterocycles. The van der Waals surface area contributed by atoms with Crippen LogP contribution in [0, 0.1) is 5.82 Å². The molecule has 0 saturated carbocycles. The fourth-order valence-corrected chi connectivity index (χ4v) is 3.71. The predicted molar refractivity (Wildman–Crippen MR) is 111 cm³/mol. The Bertz CT molecular complexity index is 1230. The average Bonchev–Trinajstić information content (AvgIpc) is 3.21. The lowest BCUT2D eigenvalue weighted by Crippen LogP contribution is -2.26. The Morgan fingerprint density at radius 2 is 1.74 bits per heavy atom. The number of carbonyl (C=O) groups excluding carboxylic acids is 1. The van der Waals surface area contributed by atoms with Crippen LogP contribution in [-0.4, -0.2) is 31.8 Å². The first-order chi connectivity index (χ1) is 14.8. The zero-order valence-electron chi connectivity index (χ0n) is 16.1. The van der Waals surface area contributed by atoms with Crippen molar-refractivity contribution in [1.82, 2.24) is 4.72 Å². The molecule has 160 valence electrons. The van der Waals surface area contributed by atoms with E-state index in [9.17, 15) is 22.4 Å². The predicted octanol–water partition coefficient (Wildman–Crippen LogP) is 3.73. The first-order valence-electron chi connectivity index (χ1n) is 9.15. The number of halogens is 1. The molecule has 0 saturated heterocycles. The van der Waals surface area contributed by atoms with E-state index >= 15 is 0 Å². The molecule has 2 N–H and O–H groups in total. The van der Waals surface area contributed by atoms with Crippen LogP contribution in [0.4, 0.5) is 4.39 Å². The highest BCUT2D eigenvalue weighted by Crippen LogP contribution is 2.25. The molecule has 0 bridgehead atoms. The van der Waals surface area contributed by atoms with Crippen LogP contribution in [0.15, 0.2) is 76.1 Å². The summed E-state index contributed by atoms with van der Waals surface area (Å²) in [6.07, 6.45) is 2.36. The highest BCUT2D eigenvalue weighted by atomic mass is 32.2. The van der Waals surface area contributed by atoms with Gasteiger partial charge in [0, 0.05) is 12.1 Å². The van der Waals surface area contributed by atoms with Crippen LogP contribution in [0.5, 0.6) is 0 Å². The van der Waals surface area contributed by atoms with Crippen molar-refractivity contribution in [2.45, 2.75) is 11.3 Å². The van der Waals surface area contributed by atoms with E-state index in [1.165, 1.54) is 42.5 Å². The molecule has 0 aliphatic carbocycles. The van der Waals surface area contributed by atoms with Gasteiger partial charge in [0.1, 0.15) is 17.3 Å². The molecule has 2 aromatic carbocycles. The molecule has 31 heavy (non-hydrogen) atoms. The molecular formula is C22H18FNO6S. The van der Waals surface area contributed by atoms with Crippen molar-refractivity contribution in [3.05, 3.63) is 83.9 Å². The van der Waals surface area contributed by atoms with Crippen LogP contribution < -0.4 is 4.72 Å². The molecule has 0 unspecified atom stereocenters. The minimum absolute atomic E-state index is 0.0843. The SMILES string of the molecule is O=C(O)CCNS(=O)(=O)c1ccc(C(=O)/C=C/c2ccc(-c3ccccc3F)o2)cc1. The van der Waals surface area contributed by atoms with Crippen molar-refractivity contribution in [2.24, 2.45) is 0 Å². The van der Waals surface area contributed by atoms with E-state index in [1.54, 1.807) is 30.3 Å². The van der Waals surface area contributed by atoms with Gasteiger partial charge < -0.3 is 9.52 Å². The number of benzene rings is 2. The van der Waals surface area contributed by atoms with Gasteiger partial charge in [-0.2, -0.15) is 0 Å². The molecule has 0 aliphatic heterocycles. The third-order valence-corrected chi connectivity index (χ3v) is 5.72. The first-order valence-corrected chi connectivity index (χ1v) is 10.6. The molecule has 9 heteroatoms. The Kier molecular flexibility index (Phi) is 6.78. The number of aliphatic carboxylic acids is 1. The van der Waals surface area contributed by atoms with Gasteiger partial charge in [-0.05, 0) is 60.7 Å². The number of rotatable bonds is 9. The van der Waals surface area contributed by atoms with Gasteiger partial charge in [0.15, 0.2) is 5.78 Å². The number of furan rings is 1. The summed E-state index contributed by atoms with van der Waals surface area (Å²) in [7, 11) is -3.87. The van der Waals surface area contributed by atoms with Crippen LogP contribution >= 0.6 is 0 Å². The minimum Gasteiger partial charge on any atom is -0.481 e. The maximum atomic E-state index is 13.8. The average molecular weight is 443 g/mol. The van der Waals surface area contributed by atoms with E-state index in [0.29, 0.717) is 17.1 Å². The zero-order chi connectivity index (χ0) is 22.4. The number of carbonyl (C=O) groups is 2. The van der Waals surface area contributed by atoms with Gasteiger partial charge in [0.25, 0.3) is 0 Å². The smallest absolute Gasteiger partial charge is 0.304 e. The van der Waals surface area contributed by atoms with Crippen molar-refractivity contribution in [3.8, 4) is 11.3 Å². The normalized spacial score (nSPS) is 11.6. The lowest BCUT2D eigenvalue weighted by atomic mass is 10.1. The third kappa shape index (κ3) is 5.74. The van der Waals surface area contributed by atoms with Gasteiger partial charge in [0.2, 0.25) is 10.0 Å². The maximum absolute atomic E-state index is 13.8. The summed E-state index contributed by atoms with van der Waals surface area (Å²) in [6, 6.07) is 14.6. The largest absolute Gasteiger partial charge is 0.481 e. The zero-order valence-corrected chi connectivity index (χ0v) is 16.9. The van der Waals surface area contributed by atoms with E-state index in [1.807, 2.05) is 0 Å². The molecule has 0 spiro atoms. The van der Waals surface area contributed by atoms with E-state index in [0.717, 1.165) is 0 Å². The van der Waals surface area contributed by atoms with Gasteiger partial charge in [0.05, 0.1) is 16.9 Å². The first kappa shape index (κ1) is 22.1. The fourth-order valence-electron chi connectivity index (χ4n) is 2.68. The molecule has 3 aromatic rings. The van der Waals surface area contributed by atoms with E-state index < -0.39 is 21.8 Å². The molecule has 7 nitrogen and oxygen atoms in total. The number of allylic oxidation sites excluding steroid dienone is 1. The highest BCUT2D eigenvalue weighted by Gasteiger charge is 2.15. The van der Waals surface area contributed by atoms with Gasteiger partial charge >= 0.3 is 5.97 Å². The van der Waals surface area contributed by atoms with Crippen molar-refractivity contribution < 1.29 is 31.9 Å². The third-order valence-electron chi connectivity index (χ3n) is 4.25. The monoisotopic (exact) mass is 443 g/mol. The second-order valence-electron chi connectivity index (χ2n) is 6.45. The maximum Gasteiger partial charge on any atom is 0.304 e. The minimum atomic E-state index is -3.87. The molecule has 3 rings (SSSR count). The summed E-state index contributed by atoms with van der Waals surface area (Å²) in [6.45, 7) is -0.237. The number of ketones is 1. The van der Waals surface area contributed by atoms with Crippen molar-refractivity contribution in [1.29, 1.82) is 0 Å². The molecule has 1 heterocycles. The number of hydrogen-bond donors (Lipinski definition) is 2. The van der Waals surface area contributed by atoms with Crippen LogP contribution in [0.1, 0.15) is 22.5 Å². The summed E-state index contributed by atoms with van der Waals surface area (Å²) >= 11 is 0. The molecule has 0 fully saturated rings. The Hall–Kier alpha value is -3.56. The van der Waals surface area contributed by atoms with E-state index in [4.69, 9.17) is 9.52 Å². The lowest BCUT2D eigenvalue weighted by molar-refractivity contribution is -0.136. The van der Waals surface area contributed by atoms with E-state index in [-0.39, 0.29) is 29.2 Å². The molecule has 0 radical (unpaired) electrons. The van der Waals surface area contributed by atoms with Crippen molar-refractivity contribution in [2.75, 3.05) is 6.54 Å². The van der Waals surface area contributed by atoms with Gasteiger partial charge in [-0.25, -0.2) is 17.5 Å². The number of carboxylic acids is 1. The van der Waals surface area contributed by atoms with Crippen LogP contribution in [0.2, 0.25) is 0 Å². The molecular weight excluding hydrogens is 425 g/mol. The number of sulfonamides is 1. The standard InChI is InChI=1S/C22H18FNO6S/c23-19-4-2-1-3-18(19)21-12-8-16(30-21)7-11-20(25)15-5-9-17(10-6-15)31(28,29)24-14-13-22(26)27/h1-12,24H,13-14H2,(H,26,27)/b11-7+. The van der Waals surface area contributed by atoms with Crippen LogP contribution in [0.3, 0.4) is 0 Å². The number of nitrogens with one attached hydrogen (secondary N) is 1. The Labute approximate surface area is 177 Å². The molecule has 0 amide bonds. The van der Waals surface area contributed by atoms with Gasteiger partial charge in [-0.15, -0.1) is 0 Å². The second-order valence-corrected chi connectivity index (χ2v) is 8.21. The summed E-state index contributed by atoms with van der Waals surface area (Å²) in [4.78, 5) is 22.7. The summed E-state index contributed by atoms with van der Waals surface area (Å²) in [5.41, 5.74) is 0.559. The molecule has 0 aliphatic rings. The lowest BCUT2D eigenvalue weighted by Gasteiger charge is -2.06. The summed E-state index contributed by atoms with van der Waals surface area (Å²) < 4.78 is 45.8. The van der Waals surface area contributed by atoms with Crippen LogP contribution in [0.25, 0.3) is 17.4 Å². The Morgan fingerprint density at radius 3 is 2.42 bits per heavy atom. The topological polar surface area (TPSA) is 114 Å². The van der Waals surface area contributed by atoms with Crippen molar-refractivity contribution in [3.63, 3.8) is 0 Å². The second kappa shape index (κ2) is 9.50. The van der Waals surface area contributed by atoms with E-state index in [2.05, 4.69) is 4.72 Å². The van der Waals surface area contributed by atoms with Crippen molar-refractivity contribution >= 4 is 27.9 Å². The molecule has 0 atom stereocenters.